The van der Waals surface area contributed by atoms with Crippen LogP contribution >= 0.6 is 0 Å². The quantitative estimate of drug-likeness (QED) is 0.724. The minimum Gasteiger partial charge on any atom is -0.481 e. The number of aliphatic hydroxyl groups excluding tert-OH is 1. The van der Waals surface area contributed by atoms with E-state index in [-0.39, 0.29) is 0 Å². The fraction of sp³-hybridized carbons (Fsp3) is 0.333. The van der Waals surface area contributed by atoms with Crippen LogP contribution in [0, 0.1) is 5.92 Å². The average molecular weight is 181 g/mol. The van der Waals surface area contributed by atoms with Crippen LogP contribution in [0.2, 0.25) is 0 Å². The van der Waals surface area contributed by atoms with Gasteiger partial charge >= 0.3 is 5.97 Å². The molecule has 1 aromatic rings. The van der Waals surface area contributed by atoms with E-state index >= 15 is 0 Å². The Morgan fingerprint density at radius 3 is 2.46 bits per heavy atom. The lowest BCUT2D eigenvalue weighted by molar-refractivity contribution is -0.145. The summed E-state index contributed by atoms with van der Waals surface area (Å²) in [6.07, 6.45) is 2.07. The molecule has 4 nitrogen and oxygen atoms in total. The van der Waals surface area contributed by atoms with E-state index in [0.717, 1.165) is 0 Å². The second-order valence-corrected chi connectivity index (χ2v) is 2.85. The molecule has 0 aliphatic rings. The summed E-state index contributed by atoms with van der Waals surface area (Å²) >= 11 is 0. The molecule has 0 saturated heterocycles. The number of hydrogen-bond donors (Lipinski definition) is 2. The second-order valence-electron chi connectivity index (χ2n) is 2.85. The molecule has 0 bridgehead atoms. The van der Waals surface area contributed by atoms with Gasteiger partial charge in [-0.2, -0.15) is 0 Å². The van der Waals surface area contributed by atoms with E-state index in [9.17, 15) is 9.90 Å². The highest BCUT2D eigenvalue weighted by atomic mass is 16.4. The van der Waals surface area contributed by atoms with Crippen molar-refractivity contribution >= 4 is 5.97 Å². The largest absolute Gasteiger partial charge is 0.481 e. The number of aliphatic carboxylic acids is 1. The van der Waals surface area contributed by atoms with Crippen molar-refractivity contribution in [2.75, 3.05) is 0 Å². The third kappa shape index (κ3) is 2.26. The second kappa shape index (κ2) is 4.00. The molecule has 0 fully saturated rings. The zero-order valence-electron chi connectivity index (χ0n) is 7.21. The normalized spacial score (nSPS) is 14.9. The molecule has 1 heterocycles. The van der Waals surface area contributed by atoms with Crippen LogP contribution in [0.3, 0.4) is 0 Å². The Bertz CT molecular complexity index is 286. The number of hydrogen-bond acceptors (Lipinski definition) is 3. The fourth-order valence-corrected chi connectivity index (χ4v) is 0.984. The van der Waals surface area contributed by atoms with Crippen LogP contribution in [0.4, 0.5) is 0 Å². The molecule has 2 N–H and O–H groups in total. The molecule has 0 aliphatic heterocycles. The molecule has 0 amide bonds. The highest BCUT2D eigenvalue weighted by molar-refractivity contribution is 5.70. The van der Waals surface area contributed by atoms with E-state index in [1.165, 1.54) is 19.3 Å². The summed E-state index contributed by atoms with van der Waals surface area (Å²) in [6, 6.07) is 3.20. The molecule has 4 heteroatoms. The van der Waals surface area contributed by atoms with Crippen LogP contribution in [0.15, 0.2) is 24.5 Å². The first-order valence-corrected chi connectivity index (χ1v) is 3.93. The van der Waals surface area contributed by atoms with E-state index in [1.54, 1.807) is 12.1 Å². The van der Waals surface area contributed by atoms with E-state index in [4.69, 9.17) is 5.11 Å². The van der Waals surface area contributed by atoms with Crippen LogP contribution in [0.1, 0.15) is 18.6 Å². The first-order chi connectivity index (χ1) is 6.13. The van der Waals surface area contributed by atoms with Crippen LogP contribution in [0.25, 0.3) is 0 Å². The molecule has 1 rings (SSSR count). The van der Waals surface area contributed by atoms with Crippen LogP contribution in [-0.2, 0) is 4.79 Å². The summed E-state index contributed by atoms with van der Waals surface area (Å²) in [5, 5.41) is 18.2. The Kier molecular flexibility index (Phi) is 2.97. The summed E-state index contributed by atoms with van der Waals surface area (Å²) in [5.41, 5.74) is 0.574. The number of aliphatic hydroxyl groups is 1. The minimum absolute atomic E-state index is 0.574. The first-order valence-electron chi connectivity index (χ1n) is 3.93. The van der Waals surface area contributed by atoms with Gasteiger partial charge in [0.05, 0.1) is 12.0 Å². The van der Waals surface area contributed by atoms with Crippen molar-refractivity contribution in [3.05, 3.63) is 30.1 Å². The van der Waals surface area contributed by atoms with E-state index in [2.05, 4.69) is 4.98 Å². The topological polar surface area (TPSA) is 70.4 Å². The van der Waals surface area contributed by atoms with Gasteiger partial charge in [0.1, 0.15) is 0 Å². The van der Waals surface area contributed by atoms with Crippen molar-refractivity contribution in [2.24, 2.45) is 5.92 Å². The monoisotopic (exact) mass is 181 g/mol. The molecule has 2 atom stereocenters. The maximum atomic E-state index is 10.5. The maximum Gasteiger partial charge on any atom is 0.309 e. The molecule has 0 aromatic carbocycles. The molecule has 0 saturated carbocycles. The molecule has 13 heavy (non-hydrogen) atoms. The minimum atomic E-state index is -1.01. The predicted molar refractivity (Wildman–Crippen MR) is 46.0 cm³/mol. The van der Waals surface area contributed by atoms with Crippen LogP contribution < -0.4 is 0 Å². The van der Waals surface area contributed by atoms with E-state index < -0.39 is 18.0 Å². The van der Waals surface area contributed by atoms with Crippen molar-refractivity contribution in [3.8, 4) is 0 Å². The number of carboxylic acids is 1. The standard InChI is InChI=1S/C9H11NO3/c1-6(9(12)13)8(11)7-2-4-10-5-3-7/h2-6,8,11H,1H3,(H,12,13). The van der Waals surface area contributed by atoms with E-state index in [0.29, 0.717) is 5.56 Å². The Labute approximate surface area is 75.9 Å². The van der Waals surface area contributed by atoms with Crippen LogP contribution in [0.5, 0.6) is 0 Å². The molecule has 1 aromatic heterocycles. The fourth-order valence-electron chi connectivity index (χ4n) is 0.984. The first kappa shape index (κ1) is 9.67. The number of carbonyl (C=O) groups is 1. The van der Waals surface area contributed by atoms with Gasteiger partial charge in [-0.3, -0.25) is 9.78 Å². The smallest absolute Gasteiger partial charge is 0.309 e. The lowest BCUT2D eigenvalue weighted by Crippen LogP contribution is -2.18. The van der Waals surface area contributed by atoms with Crippen molar-refractivity contribution in [1.29, 1.82) is 0 Å². The summed E-state index contributed by atoms with van der Waals surface area (Å²) in [5.74, 6) is -1.81. The molecule has 0 spiro atoms. The van der Waals surface area contributed by atoms with Gasteiger partial charge in [0, 0.05) is 12.4 Å². The maximum absolute atomic E-state index is 10.5. The SMILES string of the molecule is CC(C(=O)O)C(O)c1ccncc1. The predicted octanol–water partition coefficient (Wildman–Crippen LogP) is 0.836. The summed E-state index contributed by atoms with van der Waals surface area (Å²) < 4.78 is 0. The molecule has 2 unspecified atom stereocenters. The van der Waals surface area contributed by atoms with Gasteiger partial charge in [-0.15, -0.1) is 0 Å². The number of carboxylic acid groups (broad SMARTS) is 1. The third-order valence-electron chi connectivity index (χ3n) is 1.91. The number of nitrogens with zero attached hydrogens (tertiary/aromatic N) is 1. The average Bonchev–Trinajstić information content (AvgIpc) is 2.17. The Morgan fingerprint density at radius 1 is 1.46 bits per heavy atom. The lowest BCUT2D eigenvalue weighted by atomic mass is 9.99. The van der Waals surface area contributed by atoms with Crippen LogP contribution in [-0.4, -0.2) is 21.2 Å². The number of rotatable bonds is 3. The summed E-state index contributed by atoms with van der Waals surface area (Å²) in [4.78, 5) is 14.3. The van der Waals surface area contributed by atoms with Gasteiger partial charge in [0.25, 0.3) is 0 Å². The molecular weight excluding hydrogens is 170 g/mol. The Hall–Kier alpha value is -1.42. The van der Waals surface area contributed by atoms with Crippen molar-refractivity contribution in [3.63, 3.8) is 0 Å². The number of aromatic nitrogens is 1. The van der Waals surface area contributed by atoms with E-state index in [1.807, 2.05) is 0 Å². The van der Waals surface area contributed by atoms with Gasteiger partial charge in [-0.05, 0) is 24.6 Å². The zero-order valence-corrected chi connectivity index (χ0v) is 7.21. The zero-order chi connectivity index (χ0) is 9.84. The molecule has 0 radical (unpaired) electrons. The summed E-state index contributed by atoms with van der Waals surface area (Å²) in [7, 11) is 0. The van der Waals surface area contributed by atoms with Gasteiger partial charge in [-0.25, -0.2) is 0 Å². The van der Waals surface area contributed by atoms with Gasteiger partial charge < -0.3 is 10.2 Å². The van der Waals surface area contributed by atoms with Gasteiger partial charge in [-0.1, -0.05) is 0 Å². The van der Waals surface area contributed by atoms with Gasteiger partial charge in [0.15, 0.2) is 0 Å². The summed E-state index contributed by atoms with van der Waals surface area (Å²) in [6.45, 7) is 1.47. The lowest BCUT2D eigenvalue weighted by Gasteiger charge is -2.14. The number of pyridine rings is 1. The van der Waals surface area contributed by atoms with Gasteiger partial charge in [0.2, 0.25) is 0 Å². The Morgan fingerprint density at radius 2 is 2.00 bits per heavy atom. The van der Waals surface area contributed by atoms with Crippen molar-refractivity contribution in [1.82, 2.24) is 4.98 Å². The molecule has 0 aliphatic carbocycles. The molecule has 70 valence electrons. The van der Waals surface area contributed by atoms with Crippen molar-refractivity contribution < 1.29 is 15.0 Å². The highest BCUT2D eigenvalue weighted by Crippen LogP contribution is 2.20. The molecular formula is C9H11NO3. The highest BCUT2D eigenvalue weighted by Gasteiger charge is 2.22. The van der Waals surface area contributed by atoms with Crippen molar-refractivity contribution in [2.45, 2.75) is 13.0 Å². The Balaban J connectivity index is 2.79. The third-order valence-corrected chi connectivity index (χ3v) is 1.91.